The molecule has 202 valence electrons. The highest BCUT2D eigenvalue weighted by atomic mass is 16.5. The number of hydrogen-bond acceptors (Lipinski definition) is 7. The zero-order chi connectivity index (χ0) is 26.8. The van der Waals surface area contributed by atoms with Crippen molar-refractivity contribution in [1.29, 1.82) is 0 Å². The van der Waals surface area contributed by atoms with E-state index < -0.39 is 0 Å². The molecular weight excluding hydrogens is 468 g/mol. The summed E-state index contributed by atoms with van der Waals surface area (Å²) in [4.78, 5) is 32.6. The van der Waals surface area contributed by atoms with Gasteiger partial charge in [0.15, 0.2) is 17.8 Å². The average Bonchev–Trinajstić information content (AvgIpc) is 2.95. The lowest BCUT2D eigenvalue weighted by molar-refractivity contribution is 0.0717. The van der Waals surface area contributed by atoms with Gasteiger partial charge >= 0.3 is 0 Å². The molecule has 1 fully saturated rings. The van der Waals surface area contributed by atoms with Gasteiger partial charge in [-0.25, -0.2) is 0 Å². The van der Waals surface area contributed by atoms with Crippen molar-refractivity contribution in [3.63, 3.8) is 0 Å². The second-order valence-electron chi connectivity index (χ2n) is 9.46. The lowest BCUT2D eigenvalue weighted by atomic mass is 9.96. The van der Waals surface area contributed by atoms with Gasteiger partial charge in [-0.1, -0.05) is 38.0 Å². The molecule has 0 radical (unpaired) electrons. The predicted molar refractivity (Wildman–Crippen MR) is 148 cm³/mol. The summed E-state index contributed by atoms with van der Waals surface area (Å²) in [5, 5.41) is 0. The lowest BCUT2D eigenvalue weighted by Crippen LogP contribution is -2.47. The van der Waals surface area contributed by atoms with Crippen LogP contribution in [0.5, 0.6) is 11.5 Å². The Hall–Kier alpha value is -3.10. The standard InChI is InChI=1S/C29H42N4O4/c1-5-32-16-18-33(19-17-32)25-12-9-10-23(21-34)28(25)29(35)31(2)24(11-7-6-8-15-30)22-13-14-26(36-3)27(20-22)37-4/h9-10,12-14,20-21,24H,5-8,11,15-19,30H2,1-4H3/t24-/m1/s1. The molecule has 37 heavy (non-hydrogen) atoms. The van der Waals surface area contributed by atoms with Gasteiger partial charge in [0.25, 0.3) is 5.91 Å². The van der Waals surface area contributed by atoms with Crippen LogP contribution in [-0.2, 0) is 0 Å². The van der Waals surface area contributed by atoms with Crippen LogP contribution < -0.4 is 20.1 Å². The number of methoxy groups -OCH3 is 2. The van der Waals surface area contributed by atoms with Crippen molar-refractivity contribution in [3.05, 3.63) is 53.1 Å². The summed E-state index contributed by atoms with van der Waals surface area (Å²) in [6.45, 7) is 7.32. The van der Waals surface area contributed by atoms with Crippen molar-refractivity contribution >= 4 is 17.9 Å². The largest absolute Gasteiger partial charge is 0.493 e. The summed E-state index contributed by atoms with van der Waals surface area (Å²) in [6.07, 6.45) is 4.42. The number of ether oxygens (including phenoxy) is 2. The number of benzene rings is 2. The Labute approximate surface area is 221 Å². The minimum atomic E-state index is -0.199. The van der Waals surface area contributed by atoms with Crippen molar-refractivity contribution in [2.75, 3.05) is 65.4 Å². The molecule has 8 nitrogen and oxygen atoms in total. The zero-order valence-electron chi connectivity index (χ0n) is 22.7. The molecule has 1 amide bonds. The average molecular weight is 511 g/mol. The van der Waals surface area contributed by atoms with E-state index in [0.717, 1.165) is 75.9 Å². The summed E-state index contributed by atoms with van der Waals surface area (Å²) in [7, 11) is 5.04. The second kappa shape index (κ2) is 14.0. The molecule has 0 aliphatic carbocycles. The maximum atomic E-state index is 14.1. The number of carbonyl (C=O) groups is 2. The fraction of sp³-hybridized carbons (Fsp3) is 0.517. The topological polar surface area (TPSA) is 88.3 Å². The van der Waals surface area contributed by atoms with Crippen LogP contribution in [0.4, 0.5) is 5.69 Å². The number of amides is 1. The number of aldehydes is 1. The van der Waals surface area contributed by atoms with Gasteiger partial charge in [0.1, 0.15) is 0 Å². The van der Waals surface area contributed by atoms with E-state index >= 15 is 0 Å². The number of anilines is 1. The summed E-state index contributed by atoms with van der Waals surface area (Å²) >= 11 is 0. The monoisotopic (exact) mass is 510 g/mol. The Kier molecular flexibility index (Phi) is 10.8. The molecule has 1 heterocycles. The second-order valence-corrected chi connectivity index (χ2v) is 9.46. The van der Waals surface area contributed by atoms with Crippen LogP contribution in [0.1, 0.15) is 64.9 Å². The molecule has 0 bridgehead atoms. The molecular formula is C29H42N4O4. The third-order valence-electron chi connectivity index (χ3n) is 7.34. The van der Waals surface area contributed by atoms with Crippen LogP contribution in [0.25, 0.3) is 0 Å². The van der Waals surface area contributed by atoms with E-state index in [0.29, 0.717) is 29.2 Å². The smallest absolute Gasteiger partial charge is 0.256 e. The highest BCUT2D eigenvalue weighted by Gasteiger charge is 2.29. The quantitative estimate of drug-likeness (QED) is 0.322. The highest BCUT2D eigenvalue weighted by Crippen LogP contribution is 2.36. The number of likely N-dealkylation sites (N-methyl/N-ethyl adjacent to an activating group) is 1. The summed E-state index contributed by atoms with van der Waals surface area (Å²) in [5.74, 6) is 1.10. The molecule has 0 aromatic heterocycles. The van der Waals surface area contributed by atoms with Crippen LogP contribution in [0.15, 0.2) is 36.4 Å². The molecule has 0 saturated carbocycles. The normalized spacial score (nSPS) is 14.8. The van der Waals surface area contributed by atoms with Crippen LogP contribution in [0, 0.1) is 0 Å². The van der Waals surface area contributed by atoms with E-state index in [-0.39, 0.29) is 11.9 Å². The maximum absolute atomic E-state index is 14.1. The van der Waals surface area contributed by atoms with Crippen molar-refractivity contribution in [3.8, 4) is 11.5 Å². The van der Waals surface area contributed by atoms with Gasteiger partial charge in [0, 0.05) is 38.8 Å². The van der Waals surface area contributed by atoms with Crippen molar-refractivity contribution in [1.82, 2.24) is 9.80 Å². The Morgan fingerprint density at radius 2 is 1.78 bits per heavy atom. The number of hydrogen-bond donors (Lipinski definition) is 1. The zero-order valence-corrected chi connectivity index (χ0v) is 22.7. The number of piperazine rings is 1. The molecule has 0 spiro atoms. The molecule has 1 atom stereocenters. The van der Waals surface area contributed by atoms with E-state index in [2.05, 4.69) is 16.7 Å². The fourth-order valence-electron chi connectivity index (χ4n) is 5.08. The van der Waals surface area contributed by atoms with E-state index in [9.17, 15) is 9.59 Å². The van der Waals surface area contributed by atoms with Crippen molar-refractivity contribution in [2.45, 2.75) is 38.6 Å². The Balaban J connectivity index is 1.97. The summed E-state index contributed by atoms with van der Waals surface area (Å²) in [5.41, 5.74) is 8.39. The van der Waals surface area contributed by atoms with Gasteiger partial charge < -0.3 is 29.9 Å². The molecule has 1 saturated heterocycles. The summed E-state index contributed by atoms with van der Waals surface area (Å²) in [6, 6.07) is 11.1. The first-order valence-corrected chi connectivity index (χ1v) is 13.2. The van der Waals surface area contributed by atoms with Crippen molar-refractivity contribution < 1.29 is 19.1 Å². The van der Waals surface area contributed by atoms with Crippen LogP contribution in [0.2, 0.25) is 0 Å². The van der Waals surface area contributed by atoms with Gasteiger partial charge in [0.05, 0.1) is 31.5 Å². The fourth-order valence-corrected chi connectivity index (χ4v) is 5.08. The first-order valence-electron chi connectivity index (χ1n) is 13.2. The van der Waals surface area contributed by atoms with Gasteiger partial charge in [-0.05, 0) is 49.7 Å². The molecule has 2 aromatic rings. The third kappa shape index (κ3) is 6.81. The molecule has 3 rings (SSSR count). The van der Waals surface area contributed by atoms with E-state index in [1.807, 2.05) is 37.4 Å². The predicted octanol–water partition coefficient (Wildman–Crippen LogP) is 3.99. The van der Waals surface area contributed by atoms with Gasteiger partial charge in [-0.15, -0.1) is 0 Å². The molecule has 0 unspecified atom stereocenters. The first-order chi connectivity index (χ1) is 18.0. The highest BCUT2D eigenvalue weighted by molar-refractivity contribution is 6.06. The Morgan fingerprint density at radius 3 is 2.41 bits per heavy atom. The van der Waals surface area contributed by atoms with Crippen LogP contribution in [0.3, 0.4) is 0 Å². The number of carbonyl (C=O) groups excluding carboxylic acids is 2. The third-order valence-corrected chi connectivity index (χ3v) is 7.34. The van der Waals surface area contributed by atoms with Gasteiger partial charge in [-0.3, -0.25) is 9.59 Å². The molecule has 2 N–H and O–H groups in total. The maximum Gasteiger partial charge on any atom is 0.256 e. The Bertz CT molecular complexity index is 1040. The summed E-state index contributed by atoms with van der Waals surface area (Å²) < 4.78 is 11.0. The van der Waals surface area contributed by atoms with Gasteiger partial charge in [-0.2, -0.15) is 0 Å². The number of nitrogens with zero attached hydrogens (tertiary/aromatic N) is 3. The van der Waals surface area contributed by atoms with Gasteiger partial charge in [0.2, 0.25) is 0 Å². The number of nitrogens with two attached hydrogens (primary N) is 1. The van der Waals surface area contributed by atoms with E-state index in [1.165, 1.54) is 0 Å². The minimum absolute atomic E-state index is 0.158. The lowest BCUT2D eigenvalue weighted by Gasteiger charge is -2.37. The SMILES string of the molecule is CCN1CCN(c2cccc(C=O)c2C(=O)N(C)[C@H](CCCCCN)c2ccc(OC)c(OC)c2)CC1. The first kappa shape index (κ1) is 28.5. The van der Waals surface area contributed by atoms with Crippen molar-refractivity contribution in [2.24, 2.45) is 5.73 Å². The molecule has 1 aliphatic heterocycles. The van der Waals surface area contributed by atoms with Crippen LogP contribution in [-0.4, -0.2) is 82.5 Å². The molecule has 2 aromatic carbocycles. The van der Waals surface area contributed by atoms with E-state index in [1.54, 1.807) is 25.2 Å². The molecule has 8 heteroatoms. The number of rotatable bonds is 13. The van der Waals surface area contributed by atoms with E-state index in [4.69, 9.17) is 15.2 Å². The number of unbranched alkanes of at least 4 members (excludes halogenated alkanes) is 2. The Morgan fingerprint density at radius 1 is 1.05 bits per heavy atom. The minimum Gasteiger partial charge on any atom is -0.493 e. The molecule has 1 aliphatic rings. The van der Waals surface area contributed by atoms with Crippen LogP contribution >= 0.6 is 0 Å².